The molecule has 0 amide bonds. The van der Waals surface area contributed by atoms with Crippen molar-refractivity contribution in [3.8, 4) is 0 Å². The first kappa shape index (κ1) is 19.4. The first-order valence-electron chi connectivity index (χ1n) is 8.56. The Kier molecular flexibility index (Phi) is 5.04. The molecule has 1 aliphatic rings. The van der Waals surface area contributed by atoms with Crippen molar-refractivity contribution in [1.82, 2.24) is 19.5 Å². The zero-order valence-corrected chi connectivity index (χ0v) is 15.3. The number of hydrogen-bond donors (Lipinski definition) is 4. The molecule has 0 radical (unpaired) electrons. The second kappa shape index (κ2) is 7.00. The van der Waals surface area contributed by atoms with Crippen molar-refractivity contribution >= 4 is 23.0 Å². The lowest BCUT2D eigenvalue weighted by atomic mass is 9.95. The first-order valence-corrected chi connectivity index (χ1v) is 8.56. The number of nitrogen functional groups attached to an aromatic ring is 1. The van der Waals surface area contributed by atoms with E-state index in [-0.39, 0.29) is 11.7 Å². The van der Waals surface area contributed by atoms with Crippen LogP contribution in [0.3, 0.4) is 0 Å². The van der Waals surface area contributed by atoms with Crippen molar-refractivity contribution in [2.75, 3.05) is 12.3 Å². The lowest BCUT2D eigenvalue weighted by molar-refractivity contribution is -0.166. The average molecular weight is 380 g/mol. The summed E-state index contributed by atoms with van der Waals surface area (Å²) < 4.78 is 12.7. The summed E-state index contributed by atoms with van der Waals surface area (Å²) in [7, 11) is 0. The number of rotatable bonds is 5. The van der Waals surface area contributed by atoms with Crippen molar-refractivity contribution in [2.45, 2.75) is 50.8 Å². The number of esters is 1. The Labute approximate surface area is 155 Å². The fourth-order valence-electron chi connectivity index (χ4n) is 3.09. The molecule has 3 rings (SSSR count). The molecule has 148 valence electrons. The molecular formula is C16H24N6O5. The molecule has 11 heteroatoms. The van der Waals surface area contributed by atoms with Crippen LogP contribution in [0.1, 0.15) is 27.0 Å². The van der Waals surface area contributed by atoms with Gasteiger partial charge in [-0.2, -0.15) is 0 Å². The van der Waals surface area contributed by atoms with Crippen molar-refractivity contribution in [3.63, 3.8) is 0 Å². The van der Waals surface area contributed by atoms with E-state index in [1.54, 1.807) is 13.8 Å². The molecule has 11 nitrogen and oxygen atoms in total. The quantitative estimate of drug-likeness (QED) is 0.469. The van der Waals surface area contributed by atoms with Gasteiger partial charge >= 0.3 is 5.97 Å². The van der Waals surface area contributed by atoms with Gasteiger partial charge in [0.1, 0.15) is 29.6 Å². The van der Waals surface area contributed by atoms with Crippen molar-refractivity contribution in [3.05, 3.63) is 12.7 Å². The molecular weight excluding hydrogens is 356 g/mol. The van der Waals surface area contributed by atoms with E-state index in [1.807, 2.05) is 0 Å². The van der Waals surface area contributed by atoms with Gasteiger partial charge < -0.3 is 31.2 Å². The second-order valence-electron chi connectivity index (χ2n) is 7.15. The molecule has 27 heavy (non-hydrogen) atoms. The van der Waals surface area contributed by atoms with Crippen LogP contribution >= 0.6 is 0 Å². The van der Waals surface area contributed by atoms with Gasteiger partial charge in [0, 0.05) is 0 Å². The van der Waals surface area contributed by atoms with Gasteiger partial charge in [0.15, 0.2) is 23.8 Å². The largest absolute Gasteiger partial charge is 0.455 e. The summed E-state index contributed by atoms with van der Waals surface area (Å²) in [5, 5.41) is 20.8. The SMILES string of the molecule is CC(C)[C@H](N)C(=O)O[C@@H]1[C@@H](CO)O[C@@H](n2cnc3c(N)ncnc32)[C@]1(C)O. The number of aliphatic hydroxyl groups excluding tert-OH is 1. The Bertz CT molecular complexity index is 838. The second-order valence-corrected chi connectivity index (χ2v) is 7.15. The van der Waals surface area contributed by atoms with Crippen molar-refractivity contribution < 1.29 is 24.5 Å². The number of aromatic nitrogens is 4. The molecule has 1 saturated heterocycles. The molecule has 0 aromatic carbocycles. The number of nitrogens with two attached hydrogens (primary N) is 2. The first-order chi connectivity index (χ1) is 12.7. The molecule has 6 N–H and O–H groups in total. The number of carbonyl (C=O) groups excluding carboxylic acids is 1. The Morgan fingerprint density at radius 3 is 2.78 bits per heavy atom. The van der Waals surface area contributed by atoms with Crippen LogP contribution in [-0.4, -0.2) is 66.2 Å². The minimum atomic E-state index is -1.69. The van der Waals surface area contributed by atoms with E-state index in [9.17, 15) is 15.0 Å². The lowest BCUT2D eigenvalue weighted by Crippen LogP contribution is -2.50. The van der Waals surface area contributed by atoms with Crippen molar-refractivity contribution in [2.24, 2.45) is 11.7 Å². The zero-order valence-electron chi connectivity index (χ0n) is 15.3. The van der Waals surface area contributed by atoms with Crippen LogP contribution in [-0.2, 0) is 14.3 Å². The number of imidazole rings is 1. The summed E-state index contributed by atoms with van der Waals surface area (Å²) in [5.74, 6) is -0.647. The average Bonchev–Trinajstić information content (AvgIpc) is 3.14. The maximum absolute atomic E-state index is 12.3. The molecule has 0 spiro atoms. The van der Waals surface area contributed by atoms with Gasteiger partial charge in [-0.25, -0.2) is 15.0 Å². The number of fused-ring (bicyclic) bond motifs is 1. The van der Waals surface area contributed by atoms with E-state index < -0.39 is 42.7 Å². The molecule has 0 unspecified atom stereocenters. The molecule has 0 saturated carbocycles. The van der Waals surface area contributed by atoms with E-state index >= 15 is 0 Å². The maximum atomic E-state index is 12.3. The molecule has 0 aliphatic carbocycles. The van der Waals surface area contributed by atoms with Crippen LogP contribution in [0.15, 0.2) is 12.7 Å². The smallest absolute Gasteiger partial charge is 0.323 e. The zero-order chi connectivity index (χ0) is 19.9. The third kappa shape index (κ3) is 3.23. The van der Waals surface area contributed by atoms with E-state index in [0.717, 1.165) is 0 Å². The third-order valence-corrected chi connectivity index (χ3v) is 4.77. The van der Waals surface area contributed by atoms with Gasteiger partial charge in [-0.1, -0.05) is 13.8 Å². The maximum Gasteiger partial charge on any atom is 0.323 e. The minimum absolute atomic E-state index is 0.148. The highest BCUT2D eigenvalue weighted by molar-refractivity contribution is 5.81. The summed E-state index contributed by atoms with van der Waals surface area (Å²) in [5.41, 5.74) is 10.6. The standard InChI is InChI=1S/C16H24N6O5/c1-7(2)9(17)14(24)27-11-8(4-23)26-15(16(11,3)25)22-6-21-10-12(18)19-5-20-13(10)22/h5-9,11,15,23,25H,4,17H2,1-3H3,(H2,18,19,20)/t8-,9+,11-,15-,16-/m1/s1. The molecule has 2 aromatic heterocycles. The van der Waals surface area contributed by atoms with Gasteiger partial charge in [0.2, 0.25) is 0 Å². The minimum Gasteiger partial charge on any atom is -0.455 e. The number of nitrogens with zero attached hydrogens (tertiary/aromatic N) is 4. The van der Waals surface area contributed by atoms with Crippen LogP contribution in [0.5, 0.6) is 0 Å². The van der Waals surface area contributed by atoms with Crippen LogP contribution in [0, 0.1) is 5.92 Å². The van der Waals surface area contributed by atoms with Gasteiger partial charge in [0.25, 0.3) is 0 Å². The van der Waals surface area contributed by atoms with Crippen LogP contribution in [0.2, 0.25) is 0 Å². The fourth-order valence-corrected chi connectivity index (χ4v) is 3.09. The molecule has 3 heterocycles. The van der Waals surface area contributed by atoms with Crippen molar-refractivity contribution in [1.29, 1.82) is 0 Å². The monoisotopic (exact) mass is 380 g/mol. The summed E-state index contributed by atoms with van der Waals surface area (Å²) in [4.78, 5) is 24.4. The Balaban J connectivity index is 1.94. The van der Waals surface area contributed by atoms with Crippen LogP contribution in [0.25, 0.3) is 11.2 Å². The number of anilines is 1. The van der Waals surface area contributed by atoms with E-state index in [0.29, 0.717) is 11.2 Å². The normalized spacial score (nSPS) is 29.4. The van der Waals surface area contributed by atoms with Gasteiger partial charge in [-0.15, -0.1) is 0 Å². The topological polar surface area (TPSA) is 172 Å². The Hall–Kier alpha value is -2.34. The number of hydrogen-bond acceptors (Lipinski definition) is 10. The summed E-state index contributed by atoms with van der Waals surface area (Å²) in [6.07, 6.45) is -0.455. The fraction of sp³-hybridized carbons (Fsp3) is 0.625. The number of ether oxygens (including phenoxy) is 2. The van der Waals surface area contributed by atoms with E-state index in [2.05, 4.69) is 15.0 Å². The highest BCUT2D eigenvalue weighted by Gasteiger charge is 2.56. The Morgan fingerprint density at radius 1 is 1.44 bits per heavy atom. The molecule has 1 aliphatic heterocycles. The molecule has 5 atom stereocenters. The van der Waals surface area contributed by atoms with Crippen LogP contribution < -0.4 is 11.5 Å². The van der Waals surface area contributed by atoms with E-state index in [1.165, 1.54) is 24.1 Å². The third-order valence-electron chi connectivity index (χ3n) is 4.77. The highest BCUT2D eigenvalue weighted by Crippen LogP contribution is 2.41. The predicted molar refractivity (Wildman–Crippen MR) is 94.0 cm³/mol. The molecule has 0 bridgehead atoms. The van der Waals surface area contributed by atoms with Gasteiger partial charge in [-0.05, 0) is 12.8 Å². The summed E-state index contributed by atoms with van der Waals surface area (Å²) >= 11 is 0. The van der Waals surface area contributed by atoms with Gasteiger partial charge in [0.05, 0.1) is 12.9 Å². The van der Waals surface area contributed by atoms with E-state index in [4.69, 9.17) is 20.9 Å². The number of aliphatic hydroxyl groups is 2. The summed E-state index contributed by atoms with van der Waals surface area (Å²) in [6, 6.07) is -0.860. The predicted octanol–water partition coefficient (Wildman–Crippen LogP) is -1.06. The number of carbonyl (C=O) groups is 1. The summed E-state index contributed by atoms with van der Waals surface area (Å²) in [6.45, 7) is 4.54. The van der Waals surface area contributed by atoms with Gasteiger partial charge in [-0.3, -0.25) is 9.36 Å². The lowest BCUT2D eigenvalue weighted by Gasteiger charge is -2.30. The Morgan fingerprint density at radius 2 is 2.15 bits per heavy atom. The molecule has 1 fully saturated rings. The van der Waals surface area contributed by atoms with Crippen LogP contribution in [0.4, 0.5) is 5.82 Å². The highest BCUT2D eigenvalue weighted by atomic mass is 16.6. The molecule has 2 aromatic rings.